The lowest BCUT2D eigenvalue weighted by Gasteiger charge is -2.15. The van der Waals surface area contributed by atoms with Crippen molar-refractivity contribution < 1.29 is 13.5 Å². The van der Waals surface area contributed by atoms with Gasteiger partial charge in [-0.05, 0) is 43.2 Å². The predicted octanol–water partition coefficient (Wildman–Crippen LogP) is 5.44. The molecule has 0 atom stereocenters. The molecular formula is C19H20F2N4OS. The molecule has 0 spiro atoms. The lowest BCUT2D eigenvalue weighted by Crippen LogP contribution is -2.03. The van der Waals surface area contributed by atoms with Gasteiger partial charge in [0.1, 0.15) is 11.5 Å². The van der Waals surface area contributed by atoms with Crippen LogP contribution in [-0.4, -0.2) is 22.8 Å². The third kappa shape index (κ3) is 4.21. The first-order valence-electron chi connectivity index (χ1n) is 8.47. The number of hydrogen-bond donors (Lipinski definition) is 2. The maximum atomic E-state index is 14.8. The molecule has 27 heavy (non-hydrogen) atoms. The molecule has 0 amide bonds. The highest BCUT2D eigenvalue weighted by Gasteiger charge is 2.16. The maximum absolute atomic E-state index is 14.8. The quantitative estimate of drug-likeness (QED) is 0.414. The zero-order chi connectivity index (χ0) is 19.4. The Kier molecular flexibility index (Phi) is 5.95. The molecule has 0 aliphatic heterocycles. The average Bonchev–Trinajstić information content (AvgIpc) is 2.67. The van der Waals surface area contributed by atoms with E-state index in [-0.39, 0.29) is 11.4 Å². The standard InChI is InChI=1S/C19H20F2N4OS/c1-4-7-27-25-13-6-5-12(20)19(18(13)21)24-14-9-16-15(8-11(14)2)22-10-17(23-16)26-3/h5-6,8-10,24-25H,4,7H2,1-3H3. The van der Waals surface area contributed by atoms with Crippen LogP contribution < -0.4 is 14.8 Å². The van der Waals surface area contributed by atoms with Gasteiger partial charge in [-0.3, -0.25) is 0 Å². The minimum atomic E-state index is -0.672. The van der Waals surface area contributed by atoms with Crippen molar-refractivity contribution in [2.75, 3.05) is 22.9 Å². The Labute approximate surface area is 160 Å². The van der Waals surface area contributed by atoms with Crippen LogP contribution in [0.4, 0.5) is 25.8 Å². The van der Waals surface area contributed by atoms with Gasteiger partial charge in [0.15, 0.2) is 5.82 Å². The molecule has 3 aromatic rings. The highest BCUT2D eigenvalue weighted by Crippen LogP contribution is 2.32. The van der Waals surface area contributed by atoms with Gasteiger partial charge in [0.2, 0.25) is 5.88 Å². The third-order valence-corrected chi connectivity index (χ3v) is 4.89. The molecule has 8 heteroatoms. The summed E-state index contributed by atoms with van der Waals surface area (Å²) >= 11 is 1.38. The third-order valence-electron chi connectivity index (χ3n) is 3.91. The van der Waals surface area contributed by atoms with Crippen molar-refractivity contribution >= 4 is 40.0 Å². The van der Waals surface area contributed by atoms with Crippen molar-refractivity contribution in [2.45, 2.75) is 20.3 Å². The lowest BCUT2D eigenvalue weighted by molar-refractivity contribution is 0.397. The number of nitrogens with zero attached hydrogens (tertiary/aromatic N) is 2. The van der Waals surface area contributed by atoms with Gasteiger partial charge < -0.3 is 14.8 Å². The van der Waals surface area contributed by atoms with Gasteiger partial charge in [-0.25, -0.2) is 18.7 Å². The summed E-state index contributed by atoms with van der Waals surface area (Å²) in [5.41, 5.74) is 2.59. The van der Waals surface area contributed by atoms with E-state index in [4.69, 9.17) is 4.74 Å². The number of ether oxygens (including phenoxy) is 1. The highest BCUT2D eigenvalue weighted by atomic mass is 32.2. The first-order valence-corrected chi connectivity index (χ1v) is 9.46. The van der Waals surface area contributed by atoms with Crippen LogP contribution in [0.2, 0.25) is 0 Å². The summed E-state index contributed by atoms with van der Waals surface area (Å²) < 4.78 is 37.1. The summed E-state index contributed by atoms with van der Waals surface area (Å²) in [6.45, 7) is 3.87. The van der Waals surface area contributed by atoms with Gasteiger partial charge in [-0.1, -0.05) is 18.9 Å². The molecule has 2 N–H and O–H groups in total. The van der Waals surface area contributed by atoms with Crippen LogP contribution >= 0.6 is 11.9 Å². The number of hydrogen-bond acceptors (Lipinski definition) is 6. The molecule has 142 valence electrons. The van der Waals surface area contributed by atoms with Crippen LogP contribution in [0, 0.1) is 18.6 Å². The second-order valence-corrected chi connectivity index (χ2v) is 6.83. The van der Waals surface area contributed by atoms with Gasteiger partial charge in [-0.2, -0.15) is 0 Å². The van der Waals surface area contributed by atoms with Crippen molar-refractivity contribution in [3.05, 3.63) is 47.7 Å². The number of nitrogens with one attached hydrogen (secondary N) is 2. The van der Waals surface area contributed by atoms with E-state index in [9.17, 15) is 8.78 Å². The van der Waals surface area contributed by atoms with E-state index in [2.05, 4.69) is 20.0 Å². The minimum Gasteiger partial charge on any atom is -0.480 e. The SMILES string of the molecule is CCCSNc1ccc(F)c(Nc2cc3nc(OC)cnc3cc2C)c1F. The maximum Gasteiger partial charge on any atom is 0.232 e. The molecule has 0 aliphatic rings. The molecule has 0 bridgehead atoms. The molecule has 0 saturated heterocycles. The Hall–Kier alpha value is -2.61. The summed E-state index contributed by atoms with van der Waals surface area (Å²) in [5.74, 6) is -0.150. The Morgan fingerprint density at radius 2 is 1.96 bits per heavy atom. The van der Waals surface area contributed by atoms with Crippen LogP contribution in [0.1, 0.15) is 18.9 Å². The van der Waals surface area contributed by atoms with Crippen LogP contribution in [0.25, 0.3) is 11.0 Å². The number of halogens is 2. The first kappa shape index (κ1) is 19.2. The van der Waals surface area contributed by atoms with E-state index in [1.54, 1.807) is 12.1 Å². The molecule has 2 aromatic carbocycles. The van der Waals surface area contributed by atoms with Gasteiger partial charge in [0, 0.05) is 11.4 Å². The van der Waals surface area contributed by atoms with Crippen LogP contribution in [0.15, 0.2) is 30.5 Å². The van der Waals surface area contributed by atoms with Gasteiger partial charge in [0.05, 0.1) is 30.0 Å². The number of aromatic nitrogens is 2. The largest absolute Gasteiger partial charge is 0.480 e. The number of aryl methyl sites for hydroxylation is 1. The van der Waals surface area contributed by atoms with Crippen LogP contribution in [0.5, 0.6) is 5.88 Å². The van der Waals surface area contributed by atoms with E-state index >= 15 is 0 Å². The molecule has 3 rings (SSSR count). The van der Waals surface area contributed by atoms with Crippen molar-refractivity contribution in [1.82, 2.24) is 9.97 Å². The van der Waals surface area contributed by atoms with Crippen molar-refractivity contribution in [2.24, 2.45) is 0 Å². The molecule has 0 radical (unpaired) electrons. The Bertz CT molecular complexity index is 968. The number of fused-ring (bicyclic) bond motifs is 1. The second kappa shape index (κ2) is 8.39. The summed E-state index contributed by atoms with van der Waals surface area (Å²) in [6, 6.07) is 6.13. The van der Waals surface area contributed by atoms with Crippen LogP contribution in [-0.2, 0) is 0 Å². The van der Waals surface area contributed by atoms with E-state index in [1.807, 2.05) is 13.8 Å². The Morgan fingerprint density at radius 1 is 1.15 bits per heavy atom. The first-order chi connectivity index (χ1) is 13.0. The van der Waals surface area contributed by atoms with Crippen molar-refractivity contribution in [1.29, 1.82) is 0 Å². The zero-order valence-electron chi connectivity index (χ0n) is 15.3. The van der Waals surface area contributed by atoms with E-state index < -0.39 is 11.6 Å². The molecule has 0 aliphatic carbocycles. The average molecular weight is 390 g/mol. The molecule has 1 aromatic heterocycles. The fourth-order valence-corrected chi connectivity index (χ4v) is 3.11. The van der Waals surface area contributed by atoms with Gasteiger partial charge >= 0.3 is 0 Å². The van der Waals surface area contributed by atoms with Crippen LogP contribution in [0.3, 0.4) is 0 Å². The topological polar surface area (TPSA) is 59.1 Å². The van der Waals surface area contributed by atoms with E-state index in [0.29, 0.717) is 22.6 Å². The number of benzene rings is 2. The molecule has 5 nitrogen and oxygen atoms in total. The Balaban J connectivity index is 1.96. The molecule has 1 heterocycles. The monoisotopic (exact) mass is 390 g/mol. The summed E-state index contributed by atoms with van der Waals surface area (Å²) in [4.78, 5) is 8.60. The Morgan fingerprint density at radius 3 is 2.70 bits per heavy atom. The number of rotatable bonds is 7. The van der Waals surface area contributed by atoms with E-state index in [0.717, 1.165) is 17.7 Å². The predicted molar refractivity (Wildman–Crippen MR) is 107 cm³/mol. The molecular weight excluding hydrogens is 370 g/mol. The molecule has 0 unspecified atom stereocenters. The molecule has 0 saturated carbocycles. The second-order valence-electron chi connectivity index (χ2n) is 5.93. The normalized spacial score (nSPS) is 10.9. The zero-order valence-corrected chi connectivity index (χ0v) is 16.1. The minimum absolute atomic E-state index is 0.213. The number of anilines is 3. The number of methoxy groups -OCH3 is 1. The summed E-state index contributed by atoms with van der Waals surface area (Å²) in [6.07, 6.45) is 2.48. The fourth-order valence-electron chi connectivity index (χ4n) is 2.49. The summed E-state index contributed by atoms with van der Waals surface area (Å²) in [7, 11) is 1.50. The van der Waals surface area contributed by atoms with Gasteiger partial charge in [-0.15, -0.1) is 0 Å². The smallest absolute Gasteiger partial charge is 0.232 e. The van der Waals surface area contributed by atoms with E-state index in [1.165, 1.54) is 37.4 Å². The van der Waals surface area contributed by atoms with Crippen molar-refractivity contribution in [3.63, 3.8) is 0 Å². The molecule has 0 fully saturated rings. The van der Waals surface area contributed by atoms with Gasteiger partial charge in [0.25, 0.3) is 0 Å². The highest BCUT2D eigenvalue weighted by molar-refractivity contribution is 8.00. The lowest BCUT2D eigenvalue weighted by atomic mass is 10.1. The summed E-state index contributed by atoms with van der Waals surface area (Å²) in [5, 5.41) is 2.86. The fraction of sp³-hybridized carbons (Fsp3) is 0.263. The van der Waals surface area contributed by atoms with Crippen molar-refractivity contribution in [3.8, 4) is 5.88 Å².